The zero-order valence-corrected chi connectivity index (χ0v) is 20.7. The van der Waals surface area contributed by atoms with Crippen LogP contribution in [0.1, 0.15) is 33.9 Å². The molecule has 1 aromatic heterocycles. The third kappa shape index (κ3) is 5.04. The van der Waals surface area contributed by atoms with Gasteiger partial charge in [-0.1, -0.05) is 54.1 Å². The number of aryl methyl sites for hydroxylation is 1. The molecular formula is C31H25FN2O4. The number of aliphatic hydroxyl groups is 1. The summed E-state index contributed by atoms with van der Waals surface area (Å²) in [6, 6.07) is 22.9. The van der Waals surface area contributed by atoms with Crippen molar-refractivity contribution in [1.29, 1.82) is 0 Å². The Balaban J connectivity index is 1.48. The Morgan fingerprint density at radius 1 is 0.974 bits per heavy atom. The van der Waals surface area contributed by atoms with Crippen LogP contribution >= 0.6 is 0 Å². The van der Waals surface area contributed by atoms with Gasteiger partial charge in [0.15, 0.2) is 0 Å². The highest BCUT2D eigenvalue weighted by molar-refractivity contribution is 6.46. The molecule has 1 fully saturated rings. The smallest absolute Gasteiger partial charge is 0.295 e. The van der Waals surface area contributed by atoms with Gasteiger partial charge in [0.25, 0.3) is 11.7 Å². The van der Waals surface area contributed by atoms with E-state index in [4.69, 9.17) is 4.74 Å². The number of carbonyl (C=O) groups excluding carboxylic acids is 2. The average molecular weight is 509 g/mol. The van der Waals surface area contributed by atoms with Gasteiger partial charge < -0.3 is 14.7 Å². The van der Waals surface area contributed by atoms with Crippen molar-refractivity contribution >= 4 is 17.4 Å². The maximum atomic E-state index is 15.0. The minimum Gasteiger partial charge on any atom is -0.507 e. The van der Waals surface area contributed by atoms with Crippen LogP contribution in [-0.4, -0.2) is 26.7 Å². The number of hydrogen-bond acceptors (Lipinski definition) is 5. The summed E-state index contributed by atoms with van der Waals surface area (Å²) in [5, 5.41) is 11.2. The lowest BCUT2D eigenvalue weighted by Crippen LogP contribution is -2.29. The van der Waals surface area contributed by atoms with Gasteiger partial charge in [0.2, 0.25) is 0 Å². The van der Waals surface area contributed by atoms with E-state index in [0.29, 0.717) is 23.5 Å². The molecule has 1 amide bonds. The lowest BCUT2D eigenvalue weighted by molar-refractivity contribution is -0.140. The van der Waals surface area contributed by atoms with E-state index < -0.39 is 23.5 Å². The number of halogens is 1. The summed E-state index contributed by atoms with van der Waals surface area (Å²) in [7, 11) is 0. The van der Waals surface area contributed by atoms with E-state index in [1.807, 2.05) is 31.2 Å². The van der Waals surface area contributed by atoms with E-state index in [1.165, 1.54) is 23.1 Å². The fourth-order valence-corrected chi connectivity index (χ4v) is 4.58. The van der Waals surface area contributed by atoms with Gasteiger partial charge in [0.05, 0.1) is 11.6 Å². The number of ketones is 1. The SMILES string of the molecule is Cc1cccc(COc2ccc(C(O)=C3C(=O)C(=O)N(Cc4cccnc4)[C@@H]3c3ccccc3F)cc2)c1. The summed E-state index contributed by atoms with van der Waals surface area (Å²) in [6.45, 7) is 2.41. The Labute approximate surface area is 219 Å². The maximum absolute atomic E-state index is 15.0. The number of ether oxygens (including phenoxy) is 1. The Hall–Kier alpha value is -4.78. The highest BCUT2D eigenvalue weighted by atomic mass is 19.1. The molecule has 0 bridgehead atoms. The van der Waals surface area contributed by atoms with Crippen LogP contribution in [0.5, 0.6) is 5.75 Å². The largest absolute Gasteiger partial charge is 0.507 e. The molecule has 0 spiro atoms. The first kappa shape index (κ1) is 24.9. The van der Waals surface area contributed by atoms with Gasteiger partial charge in [-0.3, -0.25) is 14.6 Å². The van der Waals surface area contributed by atoms with E-state index in [0.717, 1.165) is 11.1 Å². The Kier molecular flexibility index (Phi) is 7.00. The fraction of sp³-hybridized carbons (Fsp3) is 0.129. The molecule has 6 nitrogen and oxygen atoms in total. The zero-order chi connectivity index (χ0) is 26.6. The number of aromatic nitrogens is 1. The van der Waals surface area contributed by atoms with Crippen LogP contribution in [0.3, 0.4) is 0 Å². The molecule has 0 aliphatic carbocycles. The summed E-state index contributed by atoms with van der Waals surface area (Å²) in [5.74, 6) is -2.08. The molecule has 3 aromatic carbocycles. The standard InChI is InChI=1S/C31H25FN2O4/c1-20-6-4-7-21(16-20)19-38-24-13-11-23(12-14-24)29(35)27-28(25-9-2-3-10-26(25)32)34(31(37)30(27)36)18-22-8-5-15-33-17-22/h2-17,28,35H,18-19H2,1H3/t28-/m1/s1. The first-order valence-corrected chi connectivity index (χ1v) is 12.1. The highest BCUT2D eigenvalue weighted by Crippen LogP contribution is 2.41. The maximum Gasteiger partial charge on any atom is 0.295 e. The molecular weight excluding hydrogens is 483 g/mol. The van der Waals surface area contributed by atoms with Crippen LogP contribution in [0.2, 0.25) is 0 Å². The first-order chi connectivity index (χ1) is 18.4. The van der Waals surface area contributed by atoms with Crippen LogP contribution in [0.25, 0.3) is 5.76 Å². The van der Waals surface area contributed by atoms with Crippen LogP contribution < -0.4 is 4.74 Å². The predicted molar refractivity (Wildman–Crippen MR) is 140 cm³/mol. The van der Waals surface area contributed by atoms with Crippen molar-refractivity contribution in [2.75, 3.05) is 0 Å². The lowest BCUT2D eigenvalue weighted by Gasteiger charge is -2.25. The second kappa shape index (κ2) is 10.7. The molecule has 4 aromatic rings. The summed E-state index contributed by atoms with van der Waals surface area (Å²) in [4.78, 5) is 31.6. The summed E-state index contributed by atoms with van der Waals surface area (Å²) < 4.78 is 20.8. The Morgan fingerprint density at radius 2 is 1.74 bits per heavy atom. The minimum absolute atomic E-state index is 0.0277. The van der Waals surface area contributed by atoms with Crippen molar-refractivity contribution in [1.82, 2.24) is 9.88 Å². The second-order valence-corrected chi connectivity index (χ2v) is 9.11. The first-order valence-electron chi connectivity index (χ1n) is 12.1. The van der Waals surface area contributed by atoms with Crippen LogP contribution in [-0.2, 0) is 22.7 Å². The van der Waals surface area contributed by atoms with Gasteiger partial charge in [-0.15, -0.1) is 0 Å². The quantitative estimate of drug-likeness (QED) is 0.196. The number of hydrogen-bond donors (Lipinski definition) is 1. The number of Topliss-reactive ketones (excluding diaryl/α,β-unsaturated/α-hetero) is 1. The van der Waals surface area contributed by atoms with E-state index >= 15 is 0 Å². The van der Waals surface area contributed by atoms with Gasteiger partial charge in [0, 0.05) is 30.1 Å². The molecule has 0 saturated carbocycles. The number of nitrogens with zero attached hydrogens (tertiary/aromatic N) is 2. The zero-order valence-electron chi connectivity index (χ0n) is 20.7. The monoisotopic (exact) mass is 508 g/mol. The lowest BCUT2D eigenvalue weighted by atomic mass is 9.94. The van der Waals surface area contributed by atoms with Gasteiger partial charge in [-0.05, 0) is 54.4 Å². The van der Waals surface area contributed by atoms with Gasteiger partial charge in [-0.2, -0.15) is 0 Å². The van der Waals surface area contributed by atoms with Gasteiger partial charge >= 0.3 is 0 Å². The molecule has 38 heavy (non-hydrogen) atoms. The second-order valence-electron chi connectivity index (χ2n) is 9.11. The number of benzene rings is 3. The van der Waals surface area contributed by atoms with E-state index in [1.54, 1.807) is 54.9 Å². The molecule has 1 atom stereocenters. The van der Waals surface area contributed by atoms with E-state index in [-0.39, 0.29) is 23.4 Å². The third-order valence-corrected chi connectivity index (χ3v) is 6.43. The average Bonchev–Trinajstić information content (AvgIpc) is 3.17. The van der Waals surface area contributed by atoms with Gasteiger partial charge in [0.1, 0.15) is 23.9 Å². The fourth-order valence-electron chi connectivity index (χ4n) is 4.58. The summed E-state index contributed by atoms with van der Waals surface area (Å²) >= 11 is 0. The normalized spacial score (nSPS) is 16.6. The van der Waals surface area contributed by atoms with Crippen molar-refractivity contribution in [2.45, 2.75) is 26.1 Å². The number of carbonyl (C=O) groups is 2. The summed E-state index contributed by atoms with van der Waals surface area (Å²) in [5.41, 5.74) is 3.10. The Morgan fingerprint density at radius 3 is 2.45 bits per heavy atom. The van der Waals surface area contributed by atoms with Crippen LogP contribution in [0.4, 0.5) is 4.39 Å². The molecule has 2 heterocycles. The topological polar surface area (TPSA) is 79.7 Å². The molecule has 1 saturated heterocycles. The number of aliphatic hydroxyl groups excluding tert-OH is 1. The third-order valence-electron chi connectivity index (χ3n) is 6.43. The Bertz CT molecular complexity index is 1520. The molecule has 5 rings (SSSR count). The molecule has 0 radical (unpaired) electrons. The molecule has 190 valence electrons. The van der Waals surface area contributed by atoms with E-state index in [9.17, 15) is 19.1 Å². The van der Waals surface area contributed by atoms with Crippen molar-refractivity contribution in [3.8, 4) is 5.75 Å². The summed E-state index contributed by atoms with van der Waals surface area (Å²) in [6.07, 6.45) is 3.17. The van der Waals surface area contributed by atoms with Crippen LogP contribution in [0, 0.1) is 12.7 Å². The van der Waals surface area contributed by atoms with Crippen molar-refractivity contribution in [3.05, 3.63) is 137 Å². The predicted octanol–water partition coefficient (Wildman–Crippen LogP) is 5.73. The molecule has 1 aliphatic heterocycles. The number of rotatable bonds is 7. The van der Waals surface area contributed by atoms with Crippen molar-refractivity contribution in [2.24, 2.45) is 0 Å². The van der Waals surface area contributed by atoms with Crippen LogP contribution in [0.15, 0.2) is 103 Å². The van der Waals surface area contributed by atoms with Crippen molar-refractivity contribution < 1.29 is 23.8 Å². The molecule has 0 unspecified atom stereocenters. The minimum atomic E-state index is -1.10. The highest BCUT2D eigenvalue weighted by Gasteiger charge is 2.46. The van der Waals surface area contributed by atoms with E-state index in [2.05, 4.69) is 4.98 Å². The molecule has 1 aliphatic rings. The number of likely N-dealkylation sites (tertiary alicyclic amines) is 1. The van der Waals surface area contributed by atoms with Gasteiger partial charge in [-0.25, -0.2) is 4.39 Å². The number of pyridine rings is 1. The van der Waals surface area contributed by atoms with Crippen molar-refractivity contribution in [3.63, 3.8) is 0 Å². The number of amides is 1. The molecule has 1 N–H and O–H groups in total. The molecule has 7 heteroatoms.